The Morgan fingerprint density at radius 2 is 1.59 bits per heavy atom. The first-order chi connectivity index (χ1) is 10.3. The number of hydrogen-bond acceptors (Lipinski definition) is 5. The van der Waals surface area contributed by atoms with Gasteiger partial charge in [-0.2, -0.15) is 0 Å². The summed E-state index contributed by atoms with van der Waals surface area (Å²) in [5.41, 5.74) is 1.35. The van der Waals surface area contributed by atoms with E-state index >= 15 is 0 Å². The molecule has 1 aromatic carbocycles. The van der Waals surface area contributed by atoms with Crippen LogP contribution in [-0.2, 0) is 23.8 Å². The largest absolute Gasteiger partial charge is 0.466 e. The van der Waals surface area contributed by atoms with Gasteiger partial charge in [0.25, 0.3) is 0 Å². The third-order valence-electron chi connectivity index (χ3n) is 3.72. The Morgan fingerprint density at radius 3 is 2.09 bits per heavy atom. The molecule has 118 valence electrons. The van der Waals surface area contributed by atoms with E-state index in [0.29, 0.717) is 0 Å². The molecular weight excluding hydrogens is 284 g/mol. The van der Waals surface area contributed by atoms with Crippen LogP contribution in [0.5, 0.6) is 0 Å². The number of benzene rings is 1. The molecule has 0 bridgehead atoms. The van der Waals surface area contributed by atoms with Gasteiger partial charge in [-0.25, -0.2) is 9.59 Å². The maximum absolute atomic E-state index is 12.2. The second-order valence-corrected chi connectivity index (χ2v) is 5.69. The van der Waals surface area contributed by atoms with Gasteiger partial charge in [0.2, 0.25) is 0 Å². The van der Waals surface area contributed by atoms with Crippen molar-refractivity contribution in [2.45, 2.75) is 32.5 Å². The number of esters is 2. The molecule has 5 heteroatoms. The minimum Gasteiger partial charge on any atom is -0.466 e. The van der Waals surface area contributed by atoms with E-state index in [1.807, 2.05) is 31.2 Å². The minimum absolute atomic E-state index is 0.197. The number of methoxy groups -OCH3 is 2. The zero-order valence-electron chi connectivity index (χ0n) is 13.4. The lowest BCUT2D eigenvalue weighted by molar-refractivity contribution is -0.139. The second-order valence-electron chi connectivity index (χ2n) is 5.69. The summed E-state index contributed by atoms with van der Waals surface area (Å²) < 4.78 is 15.6. The molecular formula is C17H20O5. The van der Waals surface area contributed by atoms with Crippen LogP contribution in [0.3, 0.4) is 0 Å². The predicted molar refractivity (Wildman–Crippen MR) is 80.1 cm³/mol. The van der Waals surface area contributed by atoms with Crippen molar-refractivity contribution in [2.75, 3.05) is 14.2 Å². The molecule has 1 aliphatic heterocycles. The Bertz CT molecular complexity index is 625. The number of carbonyl (C=O) groups excluding carboxylic acids is 2. The van der Waals surface area contributed by atoms with Gasteiger partial charge in [0, 0.05) is 0 Å². The summed E-state index contributed by atoms with van der Waals surface area (Å²) in [6, 6.07) is 7.60. The quantitative estimate of drug-likeness (QED) is 0.803. The predicted octanol–water partition coefficient (Wildman–Crippen LogP) is 2.49. The van der Waals surface area contributed by atoms with Crippen molar-refractivity contribution in [3.05, 3.63) is 46.5 Å². The lowest BCUT2D eigenvalue weighted by Gasteiger charge is -2.22. The van der Waals surface area contributed by atoms with Gasteiger partial charge in [0.05, 0.1) is 31.0 Å². The van der Waals surface area contributed by atoms with Crippen molar-refractivity contribution in [1.29, 1.82) is 0 Å². The van der Waals surface area contributed by atoms with Gasteiger partial charge in [0.15, 0.2) is 0 Å². The van der Waals surface area contributed by atoms with Crippen molar-refractivity contribution in [2.24, 2.45) is 0 Å². The Hall–Kier alpha value is -2.14. The van der Waals surface area contributed by atoms with Crippen molar-refractivity contribution in [3.63, 3.8) is 0 Å². The van der Waals surface area contributed by atoms with Crippen LogP contribution in [-0.4, -0.2) is 31.8 Å². The van der Waals surface area contributed by atoms with Crippen molar-refractivity contribution in [3.8, 4) is 0 Å². The summed E-state index contributed by atoms with van der Waals surface area (Å²) in [4.78, 5) is 24.3. The second kappa shape index (κ2) is 5.93. The topological polar surface area (TPSA) is 61.8 Å². The summed E-state index contributed by atoms with van der Waals surface area (Å²) in [7, 11) is 2.56. The molecule has 0 aromatic heterocycles. The highest BCUT2D eigenvalue weighted by molar-refractivity contribution is 6.03. The number of ether oxygens (including phenoxy) is 3. The minimum atomic E-state index is -0.938. The Kier molecular flexibility index (Phi) is 4.37. The van der Waals surface area contributed by atoms with Crippen LogP contribution in [0.2, 0.25) is 0 Å². The van der Waals surface area contributed by atoms with Crippen LogP contribution in [0.1, 0.15) is 31.1 Å². The highest BCUT2D eigenvalue weighted by atomic mass is 16.6. The molecule has 0 spiro atoms. The Morgan fingerprint density at radius 1 is 1.05 bits per heavy atom. The maximum Gasteiger partial charge on any atom is 0.337 e. The Balaban J connectivity index is 2.60. The highest BCUT2D eigenvalue weighted by Gasteiger charge is 2.48. The first-order valence-corrected chi connectivity index (χ1v) is 6.97. The molecule has 0 N–H and O–H groups in total. The van der Waals surface area contributed by atoms with Gasteiger partial charge in [-0.1, -0.05) is 29.8 Å². The van der Waals surface area contributed by atoms with Crippen molar-refractivity contribution >= 4 is 11.9 Å². The van der Waals surface area contributed by atoms with Crippen LogP contribution in [0.4, 0.5) is 0 Å². The fourth-order valence-corrected chi connectivity index (χ4v) is 2.62. The fraction of sp³-hybridized carbons (Fsp3) is 0.412. The molecule has 0 aliphatic carbocycles. The first kappa shape index (κ1) is 16.2. The van der Waals surface area contributed by atoms with E-state index in [9.17, 15) is 9.59 Å². The molecule has 1 aliphatic rings. The molecule has 5 nitrogen and oxygen atoms in total. The van der Waals surface area contributed by atoms with Gasteiger partial charge < -0.3 is 14.2 Å². The average molecular weight is 304 g/mol. The molecule has 1 atom stereocenters. The molecule has 22 heavy (non-hydrogen) atoms. The van der Waals surface area contributed by atoms with Crippen LogP contribution in [0.25, 0.3) is 0 Å². The third kappa shape index (κ3) is 2.76. The molecule has 0 radical (unpaired) electrons. The van der Waals surface area contributed by atoms with Crippen LogP contribution >= 0.6 is 0 Å². The molecule has 0 saturated carbocycles. The molecule has 0 fully saturated rings. The fourth-order valence-electron chi connectivity index (χ4n) is 2.62. The molecule has 1 heterocycles. The monoisotopic (exact) mass is 304 g/mol. The molecule has 0 saturated heterocycles. The molecule has 1 aromatic rings. The van der Waals surface area contributed by atoms with Gasteiger partial charge >= 0.3 is 11.9 Å². The number of carbonyl (C=O) groups is 2. The molecule has 2 rings (SSSR count). The van der Waals surface area contributed by atoms with E-state index in [-0.39, 0.29) is 11.1 Å². The smallest absolute Gasteiger partial charge is 0.337 e. The molecule has 0 amide bonds. The average Bonchev–Trinajstić information content (AvgIpc) is 2.78. The highest BCUT2D eigenvalue weighted by Crippen LogP contribution is 2.44. The van der Waals surface area contributed by atoms with Gasteiger partial charge in [0.1, 0.15) is 6.10 Å². The number of rotatable bonds is 3. The van der Waals surface area contributed by atoms with E-state index in [0.717, 1.165) is 11.1 Å². The van der Waals surface area contributed by atoms with E-state index < -0.39 is 23.6 Å². The zero-order chi connectivity index (χ0) is 16.5. The number of aryl methyl sites for hydroxylation is 1. The van der Waals surface area contributed by atoms with Crippen LogP contribution in [0.15, 0.2) is 35.4 Å². The van der Waals surface area contributed by atoms with Crippen molar-refractivity contribution < 1.29 is 23.8 Å². The lowest BCUT2D eigenvalue weighted by Crippen LogP contribution is -2.28. The van der Waals surface area contributed by atoms with E-state index in [2.05, 4.69) is 0 Å². The van der Waals surface area contributed by atoms with Crippen LogP contribution in [0, 0.1) is 6.92 Å². The standard InChI is InChI=1S/C17H20O5/c1-10-6-8-11(9-7-10)14-12(15(18)20-4)13(16(19)21-5)17(2,3)22-14/h6-9,14H,1-5H3. The first-order valence-electron chi connectivity index (χ1n) is 6.97. The lowest BCUT2D eigenvalue weighted by atomic mass is 9.92. The van der Waals surface area contributed by atoms with E-state index in [1.165, 1.54) is 14.2 Å². The van der Waals surface area contributed by atoms with Crippen molar-refractivity contribution in [1.82, 2.24) is 0 Å². The van der Waals surface area contributed by atoms with Gasteiger partial charge in [-0.05, 0) is 26.3 Å². The normalized spacial score (nSPS) is 20.0. The summed E-state index contributed by atoms with van der Waals surface area (Å²) in [5, 5.41) is 0. The number of hydrogen-bond donors (Lipinski definition) is 0. The SMILES string of the molecule is COC(=O)C1=C(C(=O)OC)C(C)(C)OC1c1ccc(C)cc1. The summed E-state index contributed by atoms with van der Waals surface area (Å²) in [6.07, 6.45) is -0.655. The Labute approximate surface area is 129 Å². The maximum atomic E-state index is 12.2. The molecule has 1 unspecified atom stereocenters. The summed E-state index contributed by atoms with van der Waals surface area (Å²) >= 11 is 0. The van der Waals surface area contributed by atoms with E-state index in [4.69, 9.17) is 14.2 Å². The third-order valence-corrected chi connectivity index (χ3v) is 3.72. The zero-order valence-corrected chi connectivity index (χ0v) is 13.4. The summed E-state index contributed by atoms with van der Waals surface area (Å²) in [5.74, 6) is -1.17. The van der Waals surface area contributed by atoms with Crippen LogP contribution < -0.4 is 0 Å². The van der Waals surface area contributed by atoms with E-state index in [1.54, 1.807) is 13.8 Å². The summed E-state index contributed by atoms with van der Waals surface area (Å²) in [6.45, 7) is 5.44. The van der Waals surface area contributed by atoms with Gasteiger partial charge in [-0.15, -0.1) is 0 Å². The van der Waals surface area contributed by atoms with Gasteiger partial charge in [-0.3, -0.25) is 0 Å².